The summed E-state index contributed by atoms with van der Waals surface area (Å²) in [6.45, 7) is 0. The quantitative estimate of drug-likeness (QED) is 0.870. The number of rotatable bonds is 3. The Labute approximate surface area is 116 Å². The molecular formula is C12H9BrClFOS. The van der Waals surface area contributed by atoms with Crippen LogP contribution in [0.15, 0.2) is 34.1 Å². The SMILES string of the molecule is OC(Cc1cc(F)cc(Br)c1)c1sccc1Cl. The van der Waals surface area contributed by atoms with Gasteiger partial charge in [0.25, 0.3) is 0 Å². The first kappa shape index (κ1) is 13.0. The number of hydrogen-bond donors (Lipinski definition) is 1. The molecule has 0 fully saturated rings. The smallest absolute Gasteiger partial charge is 0.124 e. The van der Waals surface area contributed by atoms with Crippen LogP contribution in [0.25, 0.3) is 0 Å². The van der Waals surface area contributed by atoms with E-state index in [0.29, 0.717) is 20.8 Å². The van der Waals surface area contributed by atoms with Crippen molar-refractivity contribution < 1.29 is 9.50 Å². The van der Waals surface area contributed by atoms with Crippen LogP contribution in [0.5, 0.6) is 0 Å². The predicted molar refractivity (Wildman–Crippen MR) is 72.1 cm³/mol. The molecule has 0 aliphatic heterocycles. The molecule has 90 valence electrons. The molecule has 0 aliphatic rings. The van der Waals surface area contributed by atoms with Crippen molar-refractivity contribution in [2.45, 2.75) is 12.5 Å². The minimum Gasteiger partial charge on any atom is -0.387 e. The molecule has 1 N–H and O–H groups in total. The largest absolute Gasteiger partial charge is 0.387 e. The molecular weight excluding hydrogens is 327 g/mol. The van der Waals surface area contributed by atoms with Crippen molar-refractivity contribution in [1.82, 2.24) is 0 Å². The van der Waals surface area contributed by atoms with E-state index in [0.717, 1.165) is 5.56 Å². The highest BCUT2D eigenvalue weighted by Gasteiger charge is 2.14. The second-order valence-corrected chi connectivity index (χ2v) is 5.90. The van der Waals surface area contributed by atoms with Crippen molar-refractivity contribution in [3.05, 3.63) is 55.4 Å². The fourth-order valence-corrected chi connectivity index (χ4v) is 3.27. The minimum atomic E-state index is -0.698. The molecule has 0 bridgehead atoms. The first-order valence-electron chi connectivity index (χ1n) is 4.92. The maximum absolute atomic E-state index is 13.2. The predicted octanol–water partition coefficient (Wildman–Crippen LogP) is 4.58. The highest BCUT2D eigenvalue weighted by molar-refractivity contribution is 9.10. The number of benzene rings is 1. The fraction of sp³-hybridized carbons (Fsp3) is 0.167. The van der Waals surface area contributed by atoms with Crippen molar-refractivity contribution in [3.63, 3.8) is 0 Å². The van der Waals surface area contributed by atoms with Crippen LogP contribution in [0.3, 0.4) is 0 Å². The Morgan fingerprint density at radius 1 is 1.41 bits per heavy atom. The molecule has 2 rings (SSSR count). The van der Waals surface area contributed by atoms with Crippen molar-refractivity contribution in [3.8, 4) is 0 Å². The van der Waals surface area contributed by atoms with E-state index >= 15 is 0 Å². The molecule has 0 aliphatic carbocycles. The van der Waals surface area contributed by atoms with Gasteiger partial charge in [-0.05, 0) is 35.2 Å². The molecule has 0 radical (unpaired) electrons. The lowest BCUT2D eigenvalue weighted by atomic mass is 10.1. The van der Waals surface area contributed by atoms with Crippen LogP contribution in [0.2, 0.25) is 5.02 Å². The van der Waals surface area contributed by atoms with Crippen LogP contribution in [0.4, 0.5) is 4.39 Å². The molecule has 0 spiro atoms. The molecule has 17 heavy (non-hydrogen) atoms. The number of thiophene rings is 1. The van der Waals surface area contributed by atoms with E-state index in [1.54, 1.807) is 12.1 Å². The van der Waals surface area contributed by atoms with Crippen LogP contribution >= 0.6 is 38.9 Å². The molecule has 2 aromatic rings. The van der Waals surface area contributed by atoms with Crippen LogP contribution in [0, 0.1) is 5.82 Å². The number of hydrogen-bond acceptors (Lipinski definition) is 2. The van der Waals surface area contributed by atoms with Gasteiger partial charge in [-0.3, -0.25) is 0 Å². The third kappa shape index (κ3) is 3.28. The number of halogens is 3. The van der Waals surface area contributed by atoms with Gasteiger partial charge in [0.15, 0.2) is 0 Å². The molecule has 1 heterocycles. The molecule has 1 unspecified atom stereocenters. The Morgan fingerprint density at radius 2 is 2.18 bits per heavy atom. The maximum atomic E-state index is 13.2. The second kappa shape index (κ2) is 5.48. The summed E-state index contributed by atoms with van der Waals surface area (Å²) in [5, 5.41) is 12.4. The summed E-state index contributed by atoms with van der Waals surface area (Å²) in [7, 11) is 0. The molecule has 0 amide bonds. The van der Waals surface area contributed by atoms with E-state index in [1.807, 2.05) is 5.38 Å². The van der Waals surface area contributed by atoms with Crippen molar-refractivity contribution in [2.75, 3.05) is 0 Å². The topological polar surface area (TPSA) is 20.2 Å². The highest BCUT2D eigenvalue weighted by atomic mass is 79.9. The van der Waals surface area contributed by atoms with Gasteiger partial charge in [-0.1, -0.05) is 27.5 Å². The van der Waals surface area contributed by atoms with E-state index in [-0.39, 0.29) is 5.82 Å². The average molecular weight is 336 g/mol. The summed E-state index contributed by atoms with van der Waals surface area (Å²) in [6, 6.07) is 6.32. The van der Waals surface area contributed by atoms with Gasteiger partial charge < -0.3 is 5.11 Å². The van der Waals surface area contributed by atoms with Crippen molar-refractivity contribution >= 4 is 38.9 Å². The van der Waals surface area contributed by atoms with Crippen LogP contribution < -0.4 is 0 Å². The second-order valence-electron chi connectivity index (χ2n) is 3.63. The van der Waals surface area contributed by atoms with Gasteiger partial charge in [0.1, 0.15) is 5.82 Å². The van der Waals surface area contributed by atoms with E-state index in [4.69, 9.17) is 11.6 Å². The molecule has 1 aromatic heterocycles. The fourth-order valence-electron chi connectivity index (χ4n) is 1.59. The summed E-state index contributed by atoms with van der Waals surface area (Å²) in [4.78, 5) is 0.715. The third-order valence-corrected chi connectivity index (χ3v) is 4.22. The molecule has 1 aromatic carbocycles. The van der Waals surface area contributed by atoms with Gasteiger partial charge in [-0.25, -0.2) is 4.39 Å². The van der Waals surface area contributed by atoms with E-state index in [9.17, 15) is 9.50 Å². The molecule has 0 saturated carbocycles. The lowest BCUT2D eigenvalue weighted by Gasteiger charge is -2.10. The summed E-state index contributed by atoms with van der Waals surface area (Å²) in [5.74, 6) is -0.321. The number of aliphatic hydroxyl groups is 1. The lowest BCUT2D eigenvalue weighted by molar-refractivity contribution is 0.182. The summed E-state index contributed by atoms with van der Waals surface area (Å²) in [5.41, 5.74) is 0.730. The Bertz CT molecular complexity index is 509. The average Bonchev–Trinajstić information content (AvgIpc) is 2.62. The lowest BCUT2D eigenvalue weighted by Crippen LogP contribution is -2.00. The standard InChI is InChI=1S/C12H9BrClFOS/c13-8-3-7(4-9(15)6-8)5-11(16)12-10(14)1-2-17-12/h1-4,6,11,16H,5H2. The summed E-state index contributed by atoms with van der Waals surface area (Å²) in [6.07, 6.45) is -0.354. The first-order chi connectivity index (χ1) is 8.06. The van der Waals surface area contributed by atoms with Gasteiger partial charge in [0, 0.05) is 10.9 Å². The van der Waals surface area contributed by atoms with E-state index < -0.39 is 6.10 Å². The maximum Gasteiger partial charge on any atom is 0.124 e. The third-order valence-electron chi connectivity index (χ3n) is 2.30. The normalized spacial score (nSPS) is 12.7. The van der Waals surface area contributed by atoms with E-state index in [2.05, 4.69) is 15.9 Å². The minimum absolute atomic E-state index is 0.321. The Balaban J connectivity index is 2.18. The van der Waals surface area contributed by atoms with Gasteiger partial charge in [0.2, 0.25) is 0 Å². The summed E-state index contributed by atoms with van der Waals surface area (Å²) >= 11 is 10.5. The monoisotopic (exact) mass is 334 g/mol. The Kier molecular flexibility index (Phi) is 4.20. The van der Waals surface area contributed by atoms with Crippen LogP contribution in [-0.2, 0) is 6.42 Å². The van der Waals surface area contributed by atoms with Crippen molar-refractivity contribution in [1.29, 1.82) is 0 Å². The highest BCUT2D eigenvalue weighted by Crippen LogP contribution is 2.31. The van der Waals surface area contributed by atoms with Gasteiger partial charge >= 0.3 is 0 Å². The molecule has 1 atom stereocenters. The van der Waals surface area contributed by atoms with Gasteiger partial charge in [0.05, 0.1) is 16.0 Å². The zero-order chi connectivity index (χ0) is 12.4. The Morgan fingerprint density at radius 3 is 2.76 bits per heavy atom. The van der Waals surface area contributed by atoms with Gasteiger partial charge in [-0.2, -0.15) is 0 Å². The number of aliphatic hydroxyl groups excluding tert-OH is 1. The first-order valence-corrected chi connectivity index (χ1v) is 6.97. The summed E-state index contributed by atoms with van der Waals surface area (Å²) < 4.78 is 13.8. The van der Waals surface area contributed by atoms with Gasteiger partial charge in [-0.15, -0.1) is 11.3 Å². The molecule has 1 nitrogen and oxygen atoms in total. The Hall–Kier alpha value is -0.420. The van der Waals surface area contributed by atoms with Crippen molar-refractivity contribution in [2.24, 2.45) is 0 Å². The zero-order valence-corrected chi connectivity index (χ0v) is 11.8. The van der Waals surface area contributed by atoms with Crippen LogP contribution in [-0.4, -0.2) is 5.11 Å². The van der Waals surface area contributed by atoms with Crippen LogP contribution in [0.1, 0.15) is 16.5 Å². The zero-order valence-electron chi connectivity index (χ0n) is 8.66. The molecule has 5 heteroatoms. The van der Waals surface area contributed by atoms with E-state index in [1.165, 1.54) is 23.5 Å². The molecule has 0 saturated heterocycles.